The summed E-state index contributed by atoms with van der Waals surface area (Å²) < 4.78 is 0. The predicted octanol–water partition coefficient (Wildman–Crippen LogP) is 29.9. The lowest BCUT2D eigenvalue weighted by Crippen LogP contribution is -2.01. The molecule has 0 bridgehead atoms. The summed E-state index contributed by atoms with van der Waals surface area (Å²) in [7, 11) is 0. The zero-order valence-electron chi connectivity index (χ0n) is 70.2. The third-order valence-corrected chi connectivity index (χ3v) is 24.4. The summed E-state index contributed by atoms with van der Waals surface area (Å²) in [5, 5.41) is 22.2. The van der Waals surface area contributed by atoms with Crippen LogP contribution in [0.15, 0.2) is 455 Å². The van der Waals surface area contributed by atoms with Gasteiger partial charge >= 0.3 is 0 Å². The maximum Gasteiger partial charge on any atom is 0.164 e. The first kappa shape index (κ1) is 77.2. The van der Waals surface area contributed by atoms with E-state index >= 15 is 0 Å². The van der Waals surface area contributed by atoms with Crippen LogP contribution >= 0.6 is 0 Å². The Bertz CT molecular complexity index is 8340. The van der Waals surface area contributed by atoms with E-state index < -0.39 is 0 Å². The Morgan fingerprint density at radius 3 is 0.785 bits per heavy atom. The fourth-order valence-corrected chi connectivity index (χ4v) is 17.7. The highest BCUT2D eigenvalue weighted by molar-refractivity contribution is 6.15. The second-order valence-electron chi connectivity index (χ2n) is 32.4. The molecule has 5 heterocycles. The van der Waals surface area contributed by atoms with Gasteiger partial charge in [-0.2, -0.15) is 0 Å². The van der Waals surface area contributed by atoms with Crippen LogP contribution in [0.4, 0.5) is 0 Å². The van der Waals surface area contributed by atoms with Gasteiger partial charge in [-0.1, -0.05) is 382 Å². The number of para-hydroxylation sites is 1. The molecular formula is C119H75N11. The largest absolute Gasteiger partial charge is 0.256 e. The molecule has 0 saturated heterocycles. The number of hydrogen-bond donors (Lipinski definition) is 0. The lowest BCUT2D eigenvalue weighted by Gasteiger charge is -2.14. The molecule has 0 unspecified atom stereocenters. The van der Waals surface area contributed by atoms with Crippen molar-refractivity contribution in [1.82, 2.24) is 54.8 Å². The van der Waals surface area contributed by atoms with E-state index in [2.05, 4.69) is 429 Å². The molecule has 0 radical (unpaired) electrons. The lowest BCUT2D eigenvalue weighted by atomic mass is 9.96. The number of hydrogen-bond acceptors (Lipinski definition) is 11. The van der Waals surface area contributed by atoms with Gasteiger partial charge in [-0.25, -0.2) is 44.9 Å². The minimum Gasteiger partial charge on any atom is -0.256 e. The minimum atomic E-state index is 0.627. The molecule has 0 N–H and O–H groups in total. The molecule has 11 heteroatoms. The average molecular weight is 1660 g/mol. The highest BCUT2D eigenvalue weighted by Gasteiger charge is 2.22. The fourth-order valence-electron chi connectivity index (χ4n) is 17.7. The Labute approximate surface area is 748 Å². The molecular weight excluding hydrogens is 1580 g/mol. The molecule has 25 rings (SSSR count). The highest BCUT2D eigenvalue weighted by Crippen LogP contribution is 2.41. The summed E-state index contributed by atoms with van der Waals surface area (Å²) in [6.45, 7) is 0. The lowest BCUT2D eigenvalue weighted by molar-refractivity contribution is 1.07. The van der Waals surface area contributed by atoms with Gasteiger partial charge in [0.25, 0.3) is 0 Å². The second kappa shape index (κ2) is 33.8. The minimum absolute atomic E-state index is 0.627. The molecule has 11 nitrogen and oxygen atoms in total. The maximum absolute atomic E-state index is 5.25. The molecule has 0 aliphatic carbocycles. The van der Waals surface area contributed by atoms with E-state index in [1.807, 2.05) is 36.7 Å². The third-order valence-electron chi connectivity index (χ3n) is 24.4. The van der Waals surface area contributed by atoms with Crippen LogP contribution in [0.25, 0.3) is 244 Å². The number of fused-ring (bicyclic) bond motifs is 12. The van der Waals surface area contributed by atoms with Crippen LogP contribution in [0, 0.1) is 0 Å². The number of benzene rings is 20. The molecule has 25 aromatic rings. The molecule has 0 saturated carbocycles. The van der Waals surface area contributed by atoms with E-state index in [9.17, 15) is 0 Å². The van der Waals surface area contributed by atoms with Crippen LogP contribution in [0.1, 0.15) is 0 Å². The standard InChI is InChI=1S/C42H26N4.C39H25N3.C38H24N4/c1-3-13-31-29(11-1)25-37(35-17-7-5-15-33(31)35)41-44-40(28-22-20-27(21-23-28)39-19-9-10-24-43-39)45-42(46-41)38-26-30-12-2-4-14-32(30)34-16-6-8-18-36(34)38;1-4-10-31-23-34(20-15-26(31)7-1)29-13-18-30(19-14-29)37-40-38(35-21-16-27-8-2-5-11-32(27)24-35)42-39(41-37)36-22-17-28-9-3-6-12-33(28)25-36;1-3-9-30-23-32(20-14-25(30)7-1)37-40-36(41-38(42-37)33-21-15-26-8-2-4-10-31(26)24-33)29-18-16-27(17-19-29)34-13-5-11-28-12-6-22-39-35(28)34/h1-26H;1-25H;1-24H. The number of rotatable bonds is 12. The predicted molar refractivity (Wildman–Crippen MR) is 535 cm³/mol. The Morgan fingerprint density at radius 2 is 0.392 bits per heavy atom. The maximum atomic E-state index is 5.25. The molecule has 20 aromatic carbocycles. The summed E-state index contributed by atoms with van der Waals surface area (Å²) >= 11 is 0. The van der Waals surface area contributed by atoms with E-state index in [1.54, 1.807) is 0 Å². The van der Waals surface area contributed by atoms with Crippen molar-refractivity contribution in [3.05, 3.63) is 455 Å². The van der Waals surface area contributed by atoms with Crippen LogP contribution in [0.2, 0.25) is 0 Å². The highest BCUT2D eigenvalue weighted by atomic mass is 15.1. The van der Waals surface area contributed by atoms with Crippen LogP contribution in [-0.4, -0.2) is 54.8 Å². The second-order valence-corrected chi connectivity index (χ2v) is 32.4. The number of aromatic nitrogens is 11. The van der Waals surface area contributed by atoms with E-state index in [0.29, 0.717) is 52.4 Å². The molecule has 0 aliphatic rings. The summed E-state index contributed by atoms with van der Waals surface area (Å²) in [4.78, 5) is 54.7. The number of pyridine rings is 2. The molecule has 0 amide bonds. The molecule has 0 atom stereocenters. The quantitative estimate of drug-likeness (QED) is 0.108. The Hall–Kier alpha value is -17.7. The van der Waals surface area contributed by atoms with Crippen LogP contribution in [0.3, 0.4) is 0 Å². The van der Waals surface area contributed by atoms with Crippen LogP contribution < -0.4 is 0 Å². The van der Waals surface area contributed by atoms with Gasteiger partial charge in [0.15, 0.2) is 52.4 Å². The van der Waals surface area contributed by atoms with Gasteiger partial charge in [0.05, 0.1) is 11.2 Å². The van der Waals surface area contributed by atoms with Gasteiger partial charge < -0.3 is 0 Å². The van der Waals surface area contributed by atoms with Crippen molar-refractivity contribution in [2.24, 2.45) is 0 Å². The van der Waals surface area contributed by atoms with E-state index in [-0.39, 0.29) is 0 Å². The van der Waals surface area contributed by atoms with Crippen molar-refractivity contribution in [3.8, 4) is 136 Å². The zero-order valence-corrected chi connectivity index (χ0v) is 70.2. The molecule has 606 valence electrons. The molecule has 130 heavy (non-hydrogen) atoms. The van der Waals surface area contributed by atoms with Gasteiger partial charge in [0.2, 0.25) is 0 Å². The molecule has 5 aromatic heterocycles. The molecule has 0 fully saturated rings. The van der Waals surface area contributed by atoms with Gasteiger partial charge in [-0.05, 0) is 174 Å². The van der Waals surface area contributed by atoms with E-state index in [1.165, 1.54) is 59.4 Å². The van der Waals surface area contributed by atoms with E-state index in [0.717, 1.165) is 132 Å². The first-order valence-corrected chi connectivity index (χ1v) is 43.5. The van der Waals surface area contributed by atoms with Gasteiger partial charge in [0.1, 0.15) is 0 Å². The van der Waals surface area contributed by atoms with Gasteiger partial charge in [-0.15, -0.1) is 0 Å². The van der Waals surface area contributed by atoms with Crippen LogP contribution in [-0.2, 0) is 0 Å². The Morgan fingerprint density at radius 1 is 0.123 bits per heavy atom. The Kier molecular flexibility index (Phi) is 20.0. The van der Waals surface area contributed by atoms with Crippen molar-refractivity contribution in [2.75, 3.05) is 0 Å². The van der Waals surface area contributed by atoms with Crippen molar-refractivity contribution < 1.29 is 0 Å². The first-order valence-electron chi connectivity index (χ1n) is 43.5. The zero-order chi connectivity index (χ0) is 86.2. The normalized spacial score (nSPS) is 11.4. The summed E-state index contributed by atoms with van der Waals surface area (Å²) in [5.74, 6) is 5.83. The van der Waals surface area contributed by atoms with Gasteiger partial charge in [-0.3, -0.25) is 9.97 Å². The summed E-state index contributed by atoms with van der Waals surface area (Å²) in [6, 6.07) is 154. The van der Waals surface area contributed by atoms with Crippen molar-refractivity contribution in [3.63, 3.8) is 0 Å². The summed E-state index contributed by atoms with van der Waals surface area (Å²) in [5.41, 5.74) is 16.1. The monoisotopic (exact) mass is 1660 g/mol. The van der Waals surface area contributed by atoms with Crippen LogP contribution in [0.5, 0.6) is 0 Å². The SMILES string of the molecule is c1ccc(-c2ccc(-c3nc(-c4cc5ccccc5c5ccccc45)nc(-c4cc5ccccc5c5ccccc45)n3)cc2)nc1.c1ccc2cc(-c3ccc(-c4nc(-c5ccc6ccccc6c5)nc(-c5ccc6ccccc6c5)n4)cc3)ccc2c1.c1ccc2cc(-c3nc(-c4ccc(-c5cccc6cccnc56)cc4)nc(-c4ccc5ccccc5c4)n3)ccc2c1. The molecule has 0 spiro atoms. The summed E-state index contributed by atoms with van der Waals surface area (Å²) in [6.07, 6.45) is 3.66. The smallest absolute Gasteiger partial charge is 0.164 e. The topological polar surface area (TPSA) is 142 Å². The van der Waals surface area contributed by atoms with Gasteiger partial charge in [0, 0.05) is 79.0 Å². The fraction of sp³-hybridized carbons (Fsp3) is 0. The van der Waals surface area contributed by atoms with E-state index in [4.69, 9.17) is 44.9 Å². The Balaban J connectivity index is 0.000000111. The third kappa shape index (κ3) is 15.3. The van der Waals surface area contributed by atoms with Crippen molar-refractivity contribution in [2.45, 2.75) is 0 Å². The van der Waals surface area contributed by atoms with Crippen molar-refractivity contribution >= 4 is 108 Å². The average Bonchev–Trinajstić information content (AvgIpc) is 0.752. The van der Waals surface area contributed by atoms with Crippen molar-refractivity contribution in [1.29, 1.82) is 0 Å². The first-order chi connectivity index (χ1) is 64.3. The molecule has 0 aliphatic heterocycles. The number of nitrogens with zero attached hydrogens (tertiary/aromatic N) is 11.